The molecule has 1 heterocycles. The van der Waals surface area contributed by atoms with E-state index in [9.17, 15) is 9.00 Å². The van der Waals surface area contributed by atoms with E-state index >= 15 is 0 Å². The number of nitrogens with zero attached hydrogens (tertiary/aromatic N) is 3. The van der Waals surface area contributed by atoms with Gasteiger partial charge in [0.1, 0.15) is 5.82 Å². The Morgan fingerprint density at radius 1 is 1.59 bits per heavy atom. The second kappa shape index (κ2) is 5.08. The molecule has 0 bridgehead atoms. The van der Waals surface area contributed by atoms with Gasteiger partial charge in [-0.3, -0.25) is 0 Å². The van der Waals surface area contributed by atoms with E-state index in [4.69, 9.17) is 10.9 Å². The number of nitrogens with one attached hydrogen (secondary N) is 1. The first-order chi connectivity index (χ1) is 7.90. The third kappa shape index (κ3) is 2.90. The van der Waals surface area contributed by atoms with E-state index in [-0.39, 0.29) is 4.90 Å². The van der Waals surface area contributed by atoms with E-state index in [0.29, 0.717) is 5.82 Å². The van der Waals surface area contributed by atoms with E-state index < -0.39 is 16.0 Å². The molecule has 0 radical (unpaired) electrons. The molecule has 1 amide bonds. The zero-order valence-electron chi connectivity index (χ0n) is 9.32. The molecule has 94 valence electrons. The van der Waals surface area contributed by atoms with Crippen molar-refractivity contribution in [1.29, 1.82) is 0 Å². The normalized spacial score (nSPS) is 14.1. The topological polar surface area (TPSA) is 121 Å². The maximum Gasteiger partial charge on any atom is 0.440 e. The van der Waals surface area contributed by atoms with Crippen molar-refractivity contribution in [3.63, 3.8) is 0 Å². The molecule has 0 aliphatic rings. The van der Waals surface area contributed by atoms with Gasteiger partial charge in [-0.25, -0.2) is 24.1 Å². The lowest BCUT2D eigenvalue weighted by atomic mass is 10.5. The van der Waals surface area contributed by atoms with Gasteiger partial charge in [-0.05, 0) is 12.1 Å². The number of carbonyl (C=O) groups is 1. The number of carboxylic acid groups (broad SMARTS) is 1. The Kier molecular flexibility index (Phi) is 3.99. The molecular weight excluding hydrogens is 246 g/mol. The first-order valence-electron chi connectivity index (χ1n) is 4.50. The lowest BCUT2D eigenvalue weighted by Gasteiger charge is -2.15. The number of hydrogen-bond donors (Lipinski definition) is 3. The maximum absolute atomic E-state index is 12.4. The number of amides is 1. The Hall–Kier alpha value is -1.71. The monoisotopic (exact) mass is 259 g/mol. The molecule has 1 aromatic heterocycles. The Morgan fingerprint density at radius 2 is 2.24 bits per heavy atom. The van der Waals surface area contributed by atoms with Crippen molar-refractivity contribution < 1.29 is 14.1 Å². The van der Waals surface area contributed by atoms with Crippen LogP contribution in [0.5, 0.6) is 0 Å². The second-order valence-corrected chi connectivity index (χ2v) is 5.58. The molecule has 1 unspecified atom stereocenters. The van der Waals surface area contributed by atoms with Crippen LogP contribution in [-0.4, -0.2) is 38.8 Å². The van der Waals surface area contributed by atoms with Crippen LogP contribution < -0.4 is 11.3 Å². The lowest BCUT2D eigenvalue weighted by molar-refractivity contribution is 0.206. The van der Waals surface area contributed by atoms with Gasteiger partial charge < -0.3 is 10.5 Å². The molecule has 0 fully saturated rings. The number of hydrogen-bond acceptors (Lipinski definition) is 5. The van der Waals surface area contributed by atoms with E-state index in [1.54, 1.807) is 0 Å². The summed E-state index contributed by atoms with van der Waals surface area (Å²) in [7, 11) is -0.229. The zero-order chi connectivity index (χ0) is 13.1. The summed E-state index contributed by atoms with van der Waals surface area (Å²) in [5.41, 5.74) is 2.31. The predicted molar refractivity (Wildman–Crippen MR) is 62.6 cm³/mol. The third-order valence-electron chi connectivity index (χ3n) is 1.89. The van der Waals surface area contributed by atoms with Crippen molar-refractivity contribution >= 4 is 21.8 Å². The number of nitrogens with two attached hydrogens (primary N) is 1. The van der Waals surface area contributed by atoms with Crippen LogP contribution in [0.15, 0.2) is 27.6 Å². The van der Waals surface area contributed by atoms with Crippen molar-refractivity contribution in [3.8, 4) is 0 Å². The number of pyridine rings is 1. The van der Waals surface area contributed by atoms with Crippen LogP contribution in [0.3, 0.4) is 0 Å². The number of rotatable bonds is 3. The summed E-state index contributed by atoms with van der Waals surface area (Å²) < 4.78 is 16.8. The molecule has 4 N–H and O–H groups in total. The van der Waals surface area contributed by atoms with Gasteiger partial charge in [-0.1, -0.05) is 0 Å². The van der Waals surface area contributed by atoms with Gasteiger partial charge in [-0.2, -0.15) is 0 Å². The Morgan fingerprint density at radius 3 is 2.59 bits per heavy atom. The summed E-state index contributed by atoms with van der Waals surface area (Å²) in [5, 5.41) is 8.63. The molecular formula is C8H13N5O3S. The van der Waals surface area contributed by atoms with Crippen molar-refractivity contribution in [2.24, 2.45) is 10.2 Å². The minimum absolute atomic E-state index is 0.198. The highest BCUT2D eigenvalue weighted by Crippen LogP contribution is 2.16. The quantitative estimate of drug-likeness (QED) is 0.532. The first-order valence-corrected chi connectivity index (χ1v) is 5.97. The number of hydrazine groups is 1. The van der Waals surface area contributed by atoms with Crippen molar-refractivity contribution in [1.82, 2.24) is 9.29 Å². The van der Waals surface area contributed by atoms with Crippen LogP contribution in [0.1, 0.15) is 0 Å². The van der Waals surface area contributed by atoms with Crippen LogP contribution in [0.2, 0.25) is 0 Å². The Balaban J connectivity index is 3.34. The average molecular weight is 259 g/mol. The molecule has 1 rings (SSSR count). The summed E-state index contributed by atoms with van der Waals surface area (Å²) >= 11 is 0. The molecule has 9 heteroatoms. The van der Waals surface area contributed by atoms with Gasteiger partial charge in [-0.15, -0.1) is 4.36 Å². The summed E-state index contributed by atoms with van der Waals surface area (Å²) in [5.74, 6) is 5.52. The lowest BCUT2D eigenvalue weighted by Crippen LogP contribution is -2.23. The largest absolute Gasteiger partial charge is 0.463 e. The van der Waals surface area contributed by atoms with Crippen molar-refractivity contribution in [3.05, 3.63) is 18.3 Å². The molecule has 0 aliphatic carbocycles. The first kappa shape index (κ1) is 13.4. The molecule has 0 spiro atoms. The summed E-state index contributed by atoms with van der Waals surface area (Å²) in [6.07, 6.45) is -0.228. The smallest absolute Gasteiger partial charge is 0.440 e. The van der Waals surface area contributed by atoms with Crippen molar-refractivity contribution in [2.75, 3.05) is 19.5 Å². The molecule has 1 atom stereocenters. The average Bonchev–Trinajstić information content (AvgIpc) is 2.28. The van der Waals surface area contributed by atoms with Gasteiger partial charge >= 0.3 is 6.09 Å². The molecule has 0 saturated carbocycles. The Bertz CT molecular complexity index is 518. The fourth-order valence-electron chi connectivity index (χ4n) is 1.07. The summed E-state index contributed by atoms with van der Waals surface area (Å²) in [6.45, 7) is 0. The SMILES string of the molecule is CN(C)S(=O)(=NC(=O)O)c1ccc(NN)nc1. The zero-order valence-corrected chi connectivity index (χ0v) is 10.1. The van der Waals surface area contributed by atoms with Gasteiger partial charge in [0, 0.05) is 20.3 Å². The summed E-state index contributed by atoms with van der Waals surface area (Å²) in [6, 6.07) is 2.94. The minimum Gasteiger partial charge on any atom is -0.463 e. The van der Waals surface area contributed by atoms with Crippen LogP contribution in [0.25, 0.3) is 0 Å². The standard InChI is InChI=1S/C8H13N5O3S/c1-13(2)17(16,12-8(14)15)6-3-4-7(11-9)10-5-6/h3-5H,9H2,1-2H3,(H,10,11)(H,14,15). The molecule has 17 heavy (non-hydrogen) atoms. The van der Waals surface area contributed by atoms with Crippen LogP contribution in [-0.2, 0) is 9.92 Å². The highest BCUT2D eigenvalue weighted by molar-refractivity contribution is 7.91. The fraction of sp³-hybridized carbons (Fsp3) is 0.250. The predicted octanol–water partition coefficient (Wildman–Crippen LogP) is 0.349. The number of nitrogen functional groups attached to an aromatic ring is 1. The van der Waals surface area contributed by atoms with E-state index in [1.165, 1.54) is 36.7 Å². The van der Waals surface area contributed by atoms with E-state index in [2.05, 4.69) is 14.8 Å². The molecule has 0 saturated heterocycles. The van der Waals surface area contributed by atoms with E-state index in [0.717, 1.165) is 0 Å². The molecule has 1 aromatic rings. The highest BCUT2D eigenvalue weighted by Gasteiger charge is 2.18. The maximum atomic E-state index is 12.4. The Labute approximate surface area is 98.7 Å². The van der Waals surface area contributed by atoms with Crippen LogP contribution >= 0.6 is 0 Å². The van der Waals surface area contributed by atoms with Gasteiger partial charge in [0.15, 0.2) is 9.92 Å². The van der Waals surface area contributed by atoms with E-state index in [1.807, 2.05) is 0 Å². The second-order valence-electron chi connectivity index (χ2n) is 3.21. The molecule has 0 aliphatic heterocycles. The number of anilines is 1. The third-order valence-corrected chi connectivity index (χ3v) is 4.14. The molecule has 0 aromatic carbocycles. The van der Waals surface area contributed by atoms with Gasteiger partial charge in [0.05, 0.1) is 4.90 Å². The molecule has 8 nitrogen and oxygen atoms in total. The van der Waals surface area contributed by atoms with Crippen LogP contribution in [0, 0.1) is 0 Å². The summed E-state index contributed by atoms with van der Waals surface area (Å²) in [4.78, 5) is 14.6. The van der Waals surface area contributed by atoms with Crippen molar-refractivity contribution in [2.45, 2.75) is 4.90 Å². The number of aromatic nitrogens is 1. The van der Waals surface area contributed by atoms with Gasteiger partial charge in [0.2, 0.25) is 0 Å². The van der Waals surface area contributed by atoms with Crippen LogP contribution in [0.4, 0.5) is 10.6 Å². The fourth-order valence-corrected chi connectivity index (χ4v) is 2.41. The highest BCUT2D eigenvalue weighted by atomic mass is 32.2. The minimum atomic E-state index is -3.18. The van der Waals surface area contributed by atoms with Gasteiger partial charge in [0.25, 0.3) is 0 Å².